The van der Waals surface area contributed by atoms with Crippen LogP contribution in [0.4, 0.5) is 11.5 Å². The van der Waals surface area contributed by atoms with E-state index >= 15 is 0 Å². The van der Waals surface area contributed by atoms with Crippen molar-refractivity contribution in [3.8, 4) is 0 Å². The molecule has 2 rings (SSSR count). The first-order chi connectivity index (χ1) is 10.4. The minimum atomic E-state index is -0.387. The molecule has 2 N–H and O–H groups in total. The Hall–Kier alpha value is -2.24. The molecule has 6 heteroatoms. The molecule has 1 aliphatic heterocycles. The van der Waals surface area contributed by atoms with Gasteiger partial charge in [0.05, 0.1) is 6.67 Å². The summed E-state index contributed by atoms with van der Waals surface area (Å²) in [6, 6.07) is 0. The average molecular weight is 304 g/mol. The van der Waals surface area contributed by atoms with Crippen molar-refractivity contribution in [3.05, 3.63) is 44.1 Å². The van der Waals surface area contributed by atoms with E-state index in [1.807, 2.05) is 4.90 Å². The van der Waals surface area contributed by atoms with Gasteiger partial charge in [0.15, 0.2) is 0 Å². The fourth-order valence-corrected chi connectivity index (χ4v) is 2.50. The van der Waals surface area contributed by atoms with E-state index in [9.17, 15) is 9.59 Å². The largest absolute Gasteiger partial charge is 0.360 e. The zero-order valence-corrected chi connectivity index (χ0v) is 13.7. The summed E-state index contributed by atoms with van der Waals surface area (Å²) < 4.78 is 1.48. The van der Waals surface area contributed by atoms with Crippen LogP contribution in [0.25, 0.3) is 0 Å². The van der Waals surface area contributed by atoms with E-state index in [0.29, 0.717) is 24.7 Å². The number of rotatable bonds is 5. The molecule has 6 nitrogen and oxygen atoms in total. The third-order valence-electron chi connectivity index (χ3n) is 3.79. The predicted octanol–water partition coefficient (Wildman–Crippen LogP) is 1.96. The third-order valence-corrected chi connectivity index (χ3v) is 3.79. The smallest absolute Gasteiger partial charge is 0.329 e. The molecule has 0 bridgehead atoms. The molecular weight excluding hydrogens is 280 g/mol. The number of nitrogens with zero attached hydrogens (tertiary/aromatic N) is 2. The van der Waals surface area contributed by atoms with Gasteiger partial charge in [-0.15, -0.1) is 0 Å². The van der Waals surface area contributed by atoms with Crippen LogP contribution in [0, 0.1) is 0 Å². The summed E-state index contributed by atoms with van der Waals surface area (Å²) in [4.78, 5) is 27.8. The molecule has 0 atom stereocenters. The second-order valence-corrected chi connectivity index (χ2v) is 5.94. The standard InChI is InChI=1S/C16H24N4O2/c1-11(2)6-5-7-12(3)8-9-20-10-17-13-14(21)18-16(22)19(4)15(13)20/h6,8,17H,5,7,9-10H2,1-4H3,(H,18,21,22)/b12-8+. The van der Waals surface area contributed by atoms with E-state index < -0.39 is 0 Å². The highest BCUT2D eigenvalue weighted by atomic mass is 16.2. The van der Waals surface area contributed by atoms with Crippen LogP contribution in [0.1, 0.15) is 33.6 Å². The lowest BCUT2D eigenvalue weighted by Gasteiger charge is -2.18. The number of hydrogen-bond acceptors (Lipinski definition) is 4. The van der Waals surface area contributed by atoms with Crippen LogP contribution >= 0.6 is 0 Å². The zero-order chi connectivity index (χ0) is 16.3. The molecule has 0 spiro atoms. The number of nitrogens with one attached hydrogen (secondary N) is 2. The molecule has 0 radical (unpaired) electrons. The lowest BCUT2D eigenvalue weighted by atomic mass is 10.1. The second kappa shape index (κ2) is 6.68. The lowest BCUT2D eigenvalue weighted by molar-refractivity contribution is 0.776. The van der Waals surface area contributed by atoms with Gasteiger partial charge in [-0.05, 0) is 33.6 Å². The summed E-state index contributed by atoms with van der Waals surface area (Å²) in [6.45, 7) is 7.53. The number of aromatic amines is 1. The molecule has 0 aromatic carbocycles. The topological polar surface area (TPSA) is 70.1 Å². The molecule has 0 aliphatic carbocycles. The quantitative estimate of drug-likeness (QED) is 0.816. The number of fused-ring (bicyclic) bond motifs is 1. The van der Waals surface area contributed by atoms with Crippen molar-refractivity contribution in [3.63, 3.8) is 0 Å². The van der Waals surface area contributed by atoms with Crippen molar-refractivity contribution in [2.75, 3.05) is 23.4 Å². The van der Waals surface area contributed by atoms with Gasteiger partial charge in [0.1, 0.15) is 11.5 Å². The van der Waals surface area contributed by atoms with Crippen molar-refractivity contribution in [2.24, 2.45) is 7.05 Å². The molecule has 0 saturated carbocycles. The van der Waals surface area contributed by atoms with Crippen LogP contribution in [0.2, 0.25) is 0 Å². The van der Waals surface area contributed by atoms with Crippen molar-refractivity contribution in [2.45, 2.75) is 33.6 Å². The van der Waals surface area contributed by atoms with E-state index in [1.54, 1.807) is 7.05 Å². The van der Waals surface area contributed by atoms with Gasteiger partial charge in [-0.2, -0.15) is 0 Å². The molecule has 1 aromatic heterocycles. The Morgan fingerprint density at radius 1 is 1.23 bits per heavy atom. The molecule has 1 aliphatic rings. The molecular formula is C16H24N4O2. The van der Waals surface area contributed by atoms with Crippen LogP contribution in [-0.2, 0) is 7.05 Å². The molecule has 0 saturated heterocycles. The Bertz CT molecular complexity index is 721. The van der Waals surface area contributed by atoms with Gasteiger partial charge in [0, 0.05) is 13.6 Å². The molecule has 1 aromatic rings. The Morgan fingerprint density at radius 3 is 2.64 bits per heavy atom. The summed E-state index contributed by atoms with van der Waals surface area (Å²) in [5.41, 5.74) is 2.37. The maximum Gasteiger partial charge on any atom is 0.329 e. The predicted molar refractivity (Wildman–Crippen MR) is 90.6 cm³/mol. The van der Waals surface area contributed by atoms with Gasteiger partial charge >= 0.3 is 5.69 Å². The Balaban J connectivity index is 2.11. The summed E-state index contributed by atoms with van der Waals surface area (Å²) in [5.74, 6) is 0.655. The van der Waals surface area contributed by atoms with Gasteiger partial charge < -0.3 is 10.2 Å². The van der Waals surface area contributed by atoms with E-state index in [0.717, 1.165) is 12.8 Å². The summed E-state index contributed by atoms with van der Waals surface area (Å²) in [6.07, 6.45) is 6.44. The number of H-pyrrole nitrogens is 1. The van der Waals surface area contributed by atoms with Crippen LogP contribution in [-0.4, -0.2) is 22.8 Å². The Morgan fingerprint density at radius 2 is 1.95 bits per heavy atom. The van der Waals surface area contributed by atoms with E-state index in [2.05, 4.69) is 43.2 Å². The number of hydrogen-bond donors (Lipinski definition) is 2. The molecule has 0 amide bonds. The first kappa shape index (κ1) is 16.1. The van der Waals surface area contributed by atoms with E-state index in [1.165, 1.54) is 15.7 Å². The fourth-order valence-electron chi connectivity index (χ4n) is 2.50. The Labute approximate surface area is 130 Å². The fraction of sp³-hybridized carbons (Fsp3) is 0.500. The average Bonchev–Trinajstić information content (AvgIpc) is 2.87. The minimum absolute atomic E-state index is 0.357. The highest BCUT2D eigenvalue weighted by Gasteiger charge is 2.24. The minimum Gasteiger partial charge on any atom is -0.360 e. The summed E-state index contributed by atoms with van der Waals surface area (Å²) in [5, 5.41) is 3.05. The highest BCUT2D eigenvalue weighted by Crippen LogP contribution is 2.25. The first-order valence-electron chi connectivity index (χ1n) is 7.51. The lowest BCUT2D eigenvalue weighted by Crippen LogP contribution is -2.32. The number of allylic oxidation sites excluding steroid dienone is 3. The third kappa shape index (κ3) is 3.50. The SMILES string of the molecule is CC(C)=CCC/C(C)=C/CN1CNc2c1n(C)c(=O)[nH]c2=O. The maximum absolute atomic E-state index is 11.8. The molecule has 0 unspecified atom stereocenters. The van der Waals surface area contributed by atoms with Crippen molar-refractivity contribution < 1.29 is 0 Å². The molecule has 0 fully saturated rings. The van der Waals surface area contributed by atoms with Crippen LogP contribution in [0.15, 0.2) is 32.9 Å². The van der Waals surface area contributed by atoms with Gasteiger partial charge in [-0.1, -0.05) is 23.3 Å². The second-order valence-electron chi connectivity index (χ2n) is 5.94. The van der Waals surface area contributed by atoms with Gasteiger partial charge in [-0.3, -0.25) is 14.3 Å². The normalized spacial score (nSPS) is 13.8. The van der Waals surface area contributed by atoms with E-state index in [-0.39, 0.29) is 11.2 Å². The molecule has 22 heavy (non-hydrogen) atoms. The Kier molecular flexibility index (Phi) is 4.90. The van der Waals surface area contributed by atoms with Gasteiger partial charge in [-0.25, -0.2) is 4.79 Å². The van der Waals surface area contributed by atoms with Crippen molar-refractivity contribution in [1.29, 1.82) is 0 Å². The first-order valence-corrected chi connectivity index (χ1v) is 7.51. The van der Waals surface area contributed by atoms with Crippen LogP contribution < -0.4 is 21.5 Å². The monoisotopic (exact) mass is 304 g/mol. The van der Waals surface area contributed by atoms with Gasteiger partial charge in [0.2, 0.25) is 0 Å². The van der Waals surface area contributed by atoms with Gasteiger partial charge in [0.25, 0.3) is 5.56 Å². The number of anilines is 2. The zero-order valence-electron chi connectivity index (χ0n) is 13.7. The van der Waals surface area contributed by atoms with Crippen molar-refractivity contribution >= 4 is 11.5 Å². The molecule has 2 heterocycles. The highest BCUT2D eigenvalue weighted by molar-refractivity contribution is 5.70. The summed E-state index contributed by atoms with van der Waals surface area (Å²) in [7, 11) is 1.67. The number of aromatic nitrogens is 2. The van der Waals surface area contributed by atoms with E-state index in [4.69, 9.17) is 0 Å². The molecule has 120 valence electrons. The van der Waals surface area contributed by atoms with Crippen molar-refractivity contribution in [1.82, 2.24) is 9.55 Å². The summed E-state index contributed by atoms with van der Waals surface area (Å²) >= 11 is 0. The van der Waals surface area contributed by atoms with Crippen LogP contribution in [0.5, 0.6) is 0 Å². The maximum atomic E-state index is 11.8. The van der Waals surface area contributed by atoms with Crippen LogP contribution in [0.3, 0.4) is 0 Å².